The van der Waals surface area contributed by atoms with Crippen LogP contribution >= 0.6 is 0 Å². The molecule has 131 heavy (non-hydrogen) atoms. The number of fused-ring (bicyclic) bond motifs is 17. The Hall–Kier alpha value is -18.1. The molecule has 0 unspecified atom stereocenters. The van der Waals surface area contributed by atoms with Gasteiger partial charge in [-0.25, -0.2) is 0 Å². The minimum Gasteiger partial charge on any atom is -0.307 e. The van der Waals surface area contributed by atoms with Crippen LogP contribution in [0.3, 0.4) is 0 Å². The zero-order valence-corrected chi connectivity index (χ0v) is 70.4. The van der Waals surface area contributed by atoms with E-state index < -0.39 is 0 Å². The van der Waals surface area contributed by atoms with Gasteiger partial charge in [-0.3, -0.25) is 59.8 Å². The number of pyridine rings is 12. The molecule has 0 bridgehead atoms. The maximum atomic E-state index is 4.98. The van der Waals surface area contributed by atoms with Crippen LogP contribution in [-0.2, 0) is 0 Å². The molecular weight excluding hydrogens is 1600 g/mol. The molecule has 15 aromatic heterocycles. The van der Waals surface area contributed by atoms with Gasteiger partial charge in [-0.1, -0.05) is 182 Å². The molecule has 0 fully saturated rings. The van der Waals surface area contributed by atoms with Crippen molar-refractivity contribution in [3.63, 3.8) is 0 Å². The van der Waals surface area contributed by atoms with Crippen molar-refractivity contribution < 1.29 is 0 Å². The summed E-state index contributed by atoms with van der Waals surface area (Å²) < 4.78 is 7.01. The summed E-state index contributed by atoms with van der Waals surface area (Å²) in [6.45, 7) is 0. The third kappa shape index (κ3) is 13.7. The van der Waals surface area contributed by atoms with Crippen molar-refractivity contribution in [2.75, 3.05) is 0 Å². The van der Waals surface area contributed by atoms with Crippen LogP contribution in [0, 0.1) is 0 Å². The van der Waals surface area contributed by atoms with Crippen molar-refractivity contribution in [3.05, 3.63) is 445 Å². The average Bonchev–Trinajstić information content (AvgIpc) is 1.56. The van der Waals surface area contributed by atoms with Gasteiger partial charge in [-0.05, 0) is 214 Å². The van der Waals surface area contributed by atoms with Gasteiger partial charge in [0.25, 0.3) is 0 Å². The summed E-state index contributed by atoms with van der Waals surface area (Å²) >= 11 is 0. The molecule has 0 atom stereocenters. The Morgan fingerprint density at radius 3 is 0.954 bits per heavy atom. The Labute approximate surface area is 751 Å². The molecular formula is C116H73N15. The second-order valence-corrected chi connectivity index (χ2v) is 32.3. The van der Waals surface area contributed by atoms with E-state index in [0.29, 0.717) is 0 Å². The second-order valence-electron chi connectivity index (χ2n) is 32.3. The van der Waals surface area contributed by atoms with Gasteiger partial charge in [-0.2, -0.15) is 0 Å². The second kappa shape index (κ2) is 32.8. The van der Waals surface area contributed by atoms with E-state index in [0.717, 1.165) is 205 Å². The van der Waals surface area contributed by atoms with Crippen molar-refractivity contribution in [1.82, 2.24) is 73.5 Å². The van der Waals surface area contributed by atoms with E-state index in [4.69, 9.17) is 29.9 Å². The summed E-state index contributed by atoms with van der Waals surface area (Å²) in [6.07, 6.45) is 26.2. The molecule has 0 aliphatic heterocycles. The lowest BCUT2D eigenvalue weighted by Crippen LogP contribution is -1.97. The Morgan fingerprint density at radius 2 is 0.511 bits per heavy atom. The summed E-state index contributed by atoms with van der Waals surface area (Å²) in [4.78, 5) is 56.0. The lowest BCUT2D eigenvalue weighted by Gasteiger charge is -2.13. The maximum Gasteiger partial charge on any atom is 0.0887 e. The first-order chi connectivity index (χ1) is 65.0. The zero-order valence-electron chi connectivity index (χ0n) is 70.4. The molecule has 15 nitrogen and oxygen atoms in total. The first-order valence-corrected chi connectivity index (χ1v) is 43.5. The highest BCUT2D eigenvalue weighted by Crippen LogP contribution is 2.48. The van der Waals surface area contributed by atoms with E-state index in [1.54, 1.807) is 18.6 Å². The third-order valence-corrected chi connectivity index (χ3v) is 24.8. The van der Waals surface area contributed by atoms with Crippen LogP contribution in [0.5, 0.6) is 0 Å². The van der Waals surface area contributed by atoms with Gasteiger partial charge < -0.3 is 13.7 Å². The van der Waals surface area contributed by atoms with Crippen LogP contribution in [0.2, 0.25) is 0 Å². The van der Waals surface area contributed by atoms with Crippen LogP contribution < -0.4 is 0 Å². The molecule has 0 aliphatic rings. The Balaban J connectivity index is 0.000000109. The summed E-state index contributed by atoms with van der Waals surface area (Å²) in [6, 6.07) is 124. The SMILES string of the molecule is c1ccc(-c2ccc(-n3c4ccc(-c5cccnc5)cc4c4cc(-c5cccnc5)c5ccccc5c43)cn2)nc1.c1ccc(-c2ccc(-n3c4ccc(-c5nccc6ccccc56)cc4c4cc(-c5nccc6ccccc56)c5ccccc5c43)cn2)nc1.c1ccc(-c2ccc3c(c2)c2cc(-c4ccccn4)c4ccccc4c2n3-c2ccc(-c3ccccn3)nc2)nc1. The van der Waals surface area contributed by atoms with Gasteiger partial charge in [0.05, 0.1) is 126 Å². The molecule has 0 amide bonds. The predicted molar refractivity (Wildman–Crippen MR) is 532 cm³/mol. The number of hydrogen-bond acceptors (Lipinski definition) is 12. The molecule has 0 aliphatic carbocycles. The van der Waals surface area contributed by atoms with Crippen molar-refractivity contribution in [2.24, 2.45) is 0 Å². The van der Waals surface area contributed by atoms with Gasteiger partial charge in [0.15, 0.2) is 0 Å². The molecule has 11 aromatic carbocycles. The molecule has 26 aromatic rings. The molecule has 0 radical (unpaired) electrons. The molecule has 0 saturated carbocycles. The van der Waals surface area contributed by atoms with Gasteiger partial charge in [0.2, 0.25) is 0 Å². The molecule has 0 N–H and O–H groups in total. The summed E-state index contributed by atoms with van der Waals surface area (Å²) in [5.41, 5.74) is 27.5. The fourth-order valence-electron chi connectivity index (χ4n) is 18.9. The van der Waals surface area contributed by atoms with E-state index in [1.807, 2.05) is 171 Å². The standard InChI is InChI=1S/C44H27N5.2C36H23N5/c1-3-11-32-28(9-1)20-23-46-42(32)30-16-19-41-36(25-30)38-26-37(43-33-12-4-2-10-29(33)21-24-47-43)34-13-5-6-14-35(34)44(38)49(41)31-17-18-40(48-27-31)39-15-7-8-22-45-39;1-2-10-27-26(9-1)28(32-12-4-7-19-38-32)22-30-29-21-24(31-11-3-6-18-37-31)14-17-35(29)41(36(27)30)25-15-16-34(40-23-25)33-13-5-8-20-39-33;1-2-10-29-28(9-1)30(26-8-6-17-38-22-26)20-32-31-19-24(25-7-5-16-37-21-25)12-15-35(31)41(36(29)32)27-13-14-34(40-23-27)33-11-3-4-18-39-33/h1-27H;2*1-23H. The first kappa shape index (κ1) is 76.6. The van der Waals surface area contributed by atoms with E-state index in [9.17, 15) is 0 Å². The number of nitrogens with zero attached hydrogens (tertiary/aromatic N) is 15. The predicted octanol–water partition coefficient (Wildman–Crippen LogP) is 27.9. The van der Waals surface area contributed by atoms with Crippen LogP contribution in [0.25, 0.3) is 238 Å². The van der Waals surface area contributed by atoms with E-state index in [1.165, 1.54) is 32.3 Å². The molecule has 0 spiro atoms. The highest BCUT2D eigenvalue weighted by molar-refractivity contribution is 6.26. The zero-order chi connectivity index (χ0) is 86.7. The summed E-state index contributed by atoms with van der Waals surface area (Å²) in [5.74, 6) is 0. The number of hydrogen-bond donors (Lipinski definition) is 0. The maximum absolute atomic E-state index is 4.98. The molecule has 612 valence electrons. The quantitative estimate of drug-likeness (QED) is 0.114. The Bertz CT molecular complexity index is 8520. The number of aromatic nitrogens is 15. The van der Waals surface area contributed by atoms with Crippen molar-refractivity contribution in [3.8, 4) is 119 Å². The van der Waals surface area contributed by atoms with E-state index in [-0.39, 0.29) is 0 Å². The smallest absolute Gasteiger partial charge is 0.0887 e. The molecule has 26 rings (SSSR count). The Kier molecular flexibility index (Phi) is 19.2. The monoisotopic (exact) mass is 1680 g/mol. The lowest BCUT2D eigenvalue weighted by atomic mass is 9.95. The highest BCUT2D eigenvalue weighted by atomic mass is 15.0. The highest BCUT2D eigenvalue weighted by Gasteiger charge is 2.26. The minimum absolute atomic E-state index is 0.837. The molecule has 15 heterocycles. The summed E-state index contributed by atoms with van der Waals surface area (Å²) in [7, 11) is 0. The van der Waals surface area contributed by atoms with Crippen LogP contribution in [0.4, 0.5) is 0 Å². The van der Waals surface area contributed by atoms with Crippen LogP contribution in [-0.4, -0.2) is 73.5 Å². The molecule has 0 saturated heterocycles. The van der Waals surface area contributed by atoms with Crippen molar-refractivity contribution in [2.45, 2.75) is 0 Å². The van der Waals surface area contributed by atoms with Crippen molar-refractivity contribution in [1.29, 1.82) is 0 Å². The van der Waals surface area contributed by atoms with Gasteiger partial charge >= 0.3 is 0 Å². The van der Waals surface area contributed by atoms with Gasteiger partial charge in [-0.15, -0.1) is 0 Å². The third-order valence-electron chi connectivity index (χ3n) is 24.8. The normalized spacial score (nSPS) is 11.5. The summed E-state index contributed by atoms with van der Waals surface area (Å²) in [5, 5.41) is 18.5. The number of benzene rings is 11. The van der Waals surface area contributed by atoms with E-state index >= 15 is 0 Å². The fraction of sp³-hybridized carbons (Fsp3) is 0. The largest absolute Gasteiger partial charge is 0.307 e. The van der Waals surface area contributed by atoms with Gasteiger partial charge in [0, 0.05) is 161 Å². The van der Waals surface area contributed by atoms with E-state index in [2.05, 4.69) is 298 Å². The van der Waals surface area contributed by atoms with Gasteiger partial charge in [0.1, 0.15) is 0 Å². The first-order valence-electron chi connectivity index (χ1n) is 43.5. The fourth-order valence-corrected chi connectivity index (χ4v) is 18.9. The minimum atomic E-state index is 0.837. The lowest BCUT2D eigenvalue weighted by molar-refractivity contribution is 1.14. The van der Waals surface area contributed by atoms with Crippen molar-refractivity contribution >= 4 is 119 Å². The average molecular weight is 1680 g/mol. The molecule has 15 heteroatoms. The van der Waals surface area contributed by atoms with Crippen LogP contribution in [0.1, 0.15) is 0 Å². The number of rotatable bonds is 12. The Morgan fingerprint density at radius 1 is 0.160 bits per heavy atom. The van der Waals surface area contributed by atoms with Crippen LogP contribution in [0.15, 0.2) is 445 Å². The topological polar surface area (TPSA) is 169 Å².